The summed E-state index contributed by atoms with van der Waals surface area (Å²) in [5.74, 6) is 0.672. The topological polar surface area (TPSA) is 117 Å². The molecule has 0 saturated heterocycles. The van der Waals surface area contributed by atoms with E-state index in [0.29, 0.717) is 29.5 Å². The Hall–Kier alpha value is -3.50. The maximum absolute atomic E-state index is 14.1. The van der Waals surface area contributed by atoms with Gasteiger partial charge in [0.2, 0.25) is 0 Å². The van der Waals surface area contributed by atoms with Crippen LogP contribution < -0.4 is 21.3 Å². The quantitative estimate of drug-likeness (QED) is 0.523. The van der Waals surface area contributed by atoms with Gasteiger partial charge in [-0.25, -0.2) is 14.4 Å². The predicted octanol–water partition coefficient (Wildman–Crippen LogP) is 1.41. The Morgan fingerprint density at radius 1 is 1.39 bits per heavy atom. The van der Waals surface area contributed by atoms with Crippen molar-refractivity contribution in [2.45, 2.75) is 12.8 Å². The Bertz CT molecular complexity index is 1080. The van der Waals surface area contributed by atoms with Crippen LogP contribution in [0.2, 0.25) is 0 Å². The van der Waals surface area contributed by atoms with E-state index in [0.717, 1.165) is 5.56 Å². The van der Waals surface area contributed by atoms with E-state index in [1.807, 2.05) is 0 Å². The summed E-state index contributed by atoms with van der Waals surface area (Å²) >= 11 is 0. The number of hydrogen-bond donors (Lipinski definition) is 4. The van der Waals surface area contributed by atoms with Crippen molar-refractivity contribution < 1.29 is 9.50 Å². The van der Waals surface area contributed by atoms with Crippen LogP contribution in [0.15, 0.2) is 54.6 Å². The van der Waals surface area contributed by atoms with Gasteiger partial charge in [-0.15, -0.1) is 0 Å². The normalized spacial score (nSPS) is 16.4. The third-order valence-corrected chi connectivity index (χ3v) is 4.34. The van der Waals surface area contributed by atoms with Crippen LogP contribution in [-0.4, -0.2) is 38.0 Å². The molecule has 1 unspecified atom stereocenters. The summed E-state index contributed by atoms with van der Waals surface area (Å²) < 4.78 is 15.7. The minimum atomic E-state index is -1.16. The molecule has 0 radical (unpaired) electrons. The van der Waals surface area contributed by atoms with Gasteiger partial charge in [0.1, 0.15) is 11.6 Å². The summed E-state index contributed by atoms with van der Waals surface area (Å²) in [4.78, 5) is 9.89. The number of nitrogens with one attached hydrogen (secondary N) is 2. The van der Waals surface area contributed by atoms with E-state index in [9.17, 15) is 9.50 Å². The summed E-state index contributed by atoms with van der Waals surface area (Å²) in [5, 5.41) is 21.1. The van der Waals surface area contributed by atoms with Gasteiger partial charge in [-0.05, 0) is 24.3 Å². The predicted molar refractivity (Wildman–Crippen MR) is 104 cm³/mol. The van der Waals surface area contributed by atoms with Crippen molar-refractivity contribution in [3.8, 4) is 0 Å². The number of nitrogens with zero attached hydrogens (tertiary/aromatic N) is 5. The Balaban J connectivity index is 1.66. The van der Waals surface area contributed by atoms with Crippen molar-refractivity contribution in [2.24, 2.45) is 5.73 Å². The lowest BCUT2D eigenvalue weighted by molar-refractivity contribution is 0.213. The highest BCUT2D eigenvalue weighted by molar-refractivity contribution is 5.62. The van der Waals surface area contributed by atoms with Crippen LogP contribution in [0.1, 0.15) is 5.56 Å². The number of rotatable bonds is 5. The van der Waals surface area contributed by atoms with Crippen LogP contribution in [-0.2, 0) is 6.54 Å². The molecule has 5 N–H and O–H groups in total. The van der Waals surface area contributed by atoms with Crippen LogP contribution in [0.5, 0.6) is 0 Å². The van der Waals surface area contributed by atoms with Gasteiger partial charge in [-0.3, -0.25) is 4.90 Å². The third kappa shape index (κ3) is 3.04. The lowest BCUT2D eigenvalue weighted by Gasteiger charge is -2.30. The number of fused-ring (bicyclic) bond motifs is 1. The molecule has 9 nitrogen and oxygen atoms in total. The first-order valence-electron chi connectivity index (χ1n) is 8.60. The Morgan fingerprint density at radius 3 is 3.00 bits per heavy atom. The van der Waals surface area contributed by atoms with Crippen LogP contribution in [0.3, 0.4) is 0 Å². The first-order chi connectivity index (χ1) is 13.6. The Labute approximate surface area is 160 Å². The maximum Gasteiger partial charge on any atom is 0.173 e. The first kappa shape index (κ1) is 17.9. The minimum absolute atomic E-state index is 0.0270. The highest BCUT2D eigenvalue weighted by atomic mass is 19.1. The summed E-state index contributed by atoms with van der Waals surface area (Å²) in [6, 6.07) is 4.53. The minimum Gasteiger partial charge on any atom is -0.373 e. The van der Waals surface area contributed by atoms with E-state index in [2.05, 4.69) is 25.7 Å². The molecular weight excluding hydrogens is 363 g/mol. The molecule has 0 aromatic carbocycles. The highest BCUT2D eigenvalue weighted by Gasteiger charge is 2.25. The molecule has 4 rings (SSSR count). The second kappa shape index (κ2) is 7.25. The van der Waals surface area contributed by atoms with E-state index in [4.69, 9.17) is 5.73 Å². The molecule has 0 fully saturated rings. The Morgan fingerprint density at radius 2 is 2.25 bits per heavy atom. The fourth-order valence-corrected chi connectivity index (χ4v) is 2.96. The number of pyridine rings is 1. The molecular formula is C18H19FN8O. The molecule has 3 aromatic rings. The molecule has 28 heavy (non-hydrogen) atoms. The van der Waals surface area contributed by atoms with Gasteiger partial charge in [0.05, 0.1) is 11.9 Å². The average Bonchev–Trinajstić information content (AvgIpc) is 3.13. The molecule has 0 spiro atoms. The van der Waals surface area contributed by atoms with E-state index in [1.54, 1.807) is 42.2 Å². The number of aromatic nitrogens is 4. The number of nitrogens with two attached hydrogens (primary N) is 1. The summed E-state index contributed by atoms with van der Waals surface area (Å²) in [7, 11) is 1.77. The molecule has 1 aliphatic rings. The van der Waals surface area contributed by atoms with E-state index < -0.39 is 12.0 Å². The van der Waals surface area contributed by atoms with Gasteiger partial charge in [-0.2, -0.15) is 9.61 Å². The molecule has 144 valence electrons. The Kier molecular flexibility index (Phi) is 4.63. The van der Waals surface area contributed by atoms with Crippen molar-refractivity contribution in [3.63, 3.8) is 0 Å². The monoisotopic (exact) mass is 382 g/mol. The summed E-state index contributed by atoms with van der Waals surface area (Å²) in [5.41, 5.74) is 7.57. The summed E-state index contributed by atoms with van der Waals surface area (Å²) in [6.07, 6.45) is 6.89. The lowest BCUT2D eigenvalue weighted by atomic mass is 10.2. The van der Waals surface area contributed by atoms with Crippen LogP contribution in [0, 0.1) is 5.82 Å². The number of hydrogen-bond acceptors (Lipinski definition) is 8. The van der Waals surface area contributed by atoms with Crippen molar-refractivity contribution in [3.05, 3.63) is 66.0 Å². The maximum atomic E-state index is 14.1. The molecule has 0 saturated carbocycles. The molecule has 1 atom stereocenters. The zero-order valence-electron chi connectivity index (χ0n) is 15.0. The van der Waals surface area contributed by atoms with Gasteiger partial charge in [0, 0.05) is 37.6 Å². The largest absolute Gasteiger partial charge is 0.373 e. The van der Waals surface area contributed by atoms with Crippen LogP contribution in [0.25, 0.3) is 5.65 Å². The zero-order chi connectivity index (χ0) is 19.7. The van der Waals surface area contributed by atoms with Crippen LogP contribution >= 0.6 is 0 Å². The fraction of sp³-hybridized carbons (Fsp3) is 0.167. The second-order valence-electron chi connectivity index (χ2n) is 6.06. The number of aliphatic hydroxyl groups excluding tert-OH is 1. The number of halogens is 1. The molecule has 0 aliphatic carbocycles. The average molecular weight is 382 g/mol. The van der Waals surface area contributed by atoms with Crippen molar-refractivity contribution >= 4 is 23.1 Å². The molecule has 0 bridgehead atoms. The van der Waals surface area contributed by atoms with E-state index in [1.165, 1.54) is 23.2 Å². The van der Waals surface area contributed by atoms with Gasteiger partial charge in [0.15, 0.2) is 23.5 Å². The fourth-order valence-electron chi connectivity index (χ4n) is 2.96. The number of aliphatic hydroxyl groups is 1. The van der Waals surface area contributed by atoms with E-state index in [-0.39, 0.29) is 5.82 Å². The second-order valence-corrected chi connectivity index (χ2v) is 6.06. The van der Waals surface area contributed by atoms with Crippen molar-refractivity contribution in [1.82, 2.24) is 19.6 Å². The molecule has 4 heterocycles. The molecule has 3 aromatic heterocycles. The molecule has 1 aliphatic heterocycles. The van der Waals surface area contributed by atoms with Gasteiger partial charge >= 0.3 is 0 Å². The van der Waals surface area contributed by atoms with Gasteiger partial charge in [0.25, 0.3) is 0 Å². The standard InChI is InChI=1S/C18H19FN8O/c1-21-15-8-14(25-16-11(9-20)10-23-27(15)16)24-13-5-3-7-26(18(13)28)17-12(19)4-2-6-22-17/h2-8,10,18,21,28H,9,20H2,1H3,(H,24,25). The van der Waals surface area contributed by atoms with E-state index >= 15 is 0 Å². The SMILES string of the molecule is CNc1cc(NC2=CC=CN(c3ncccc3F)C2O)nc2c(CN)cnn12. The molecule has 0 amide bonds. The smallest absolute Gasteiger partial charge is 0.173 e. The zero-order valence-corrected chi connectivity index (χ0v) is 15.0. The first-order valence-corrected chi connectivity index (χ1v) is 8.60. The van der Waals surface area contributed by atoms with Gasteiger partial charge < -0.3 is 21.5 Å². The van der Waals surface area contributed by atoms with Crippen molar-refractivity contribution in [2.75, 3.05) is 22.6 Å². The van der Waals surface area contributed by atoms with Crippen molar-refractivity contribution in [1.29, 1.82) is 0 Å². The highest BCUT2D eigenvalue weighted by Crippen LogP contribution is 2.26. The number of anilines is 3. The van der Waals surface area contributed by atoms with Crippen LogP contribution in [0.4, 0.5) is 21.8 Å². The lowest BCUT2D eigenvalue weighted by Crippen LogP contribution is -2.37. The third-order valence-electron chi connectivity index (χ3n) is 4.34. The number of allylic oxidation sites excluding steroid dienone is 2. The van der Waals surface area contributed by atoms with Gasteiger partial charge in [-0.1, -0.05) is 0 Å². The molecule has 10 heteroatoms. The summed E-state index contributed by atoms with van der Waals surface area (Å²) in [6.45, 7) is 0.296.